The van der Waals surface area contributed by atoms with Crippen LogP contribution in [-0.2, 0) is 0 Å². The fourth-order valence-electron chi connectivity index (χ4n) is 4.37. The van der Waals surface area contributed by atoms with E-state index in [1.54, 1.807) is 30.3 Å². The van der Waals surface area contributed by atoms with Crippen molar-refractivity contribution in [2.45, 2.75) is 19.9 Å². The molecule has 5 rings (SSSR count). The first-order valence-electron chi connectivity index (χ1n) is 11.2. The summed E-state index contributed by atoms with van der Waals surface area (Å²) in [4.78, 5) is 28.8. The molecular formula is C27H21BrFNO5. The molecule has 0 bridgehead atoms. The third-order valence-corrected chi connectivity index (χ3v) is 6.35. The van der Waals surface area contributed by atoms with Gasteiger partial charge in [-0.2, -0.15) is 0 Å². The number of fused-ring (bicyclic) bond motifs is 2. The highest BCUT2D eigenvalue weighted by Crippen LogP contribution is 2.43. The molecule has 0 saturated carbocycles. The van der Waals surface area contributed by atoms with Crippen LogP contribution in [0.2, 0.25) is 0 Å². The molecule has 0 saturated heterocycles. The Bertz CT molecular complexity index is 1500. The number of hydrogen-bond acceptors (Lipinski definition) is 5. The third-order valence-electron chi connectivity index (χ3n) is 5.82. The standard InChI is InChI=1S/C27H21BrFNO5/c1-3-33-21-11-5-15(13-22(21)34-4-2)24-23-25(31)19-14-17(29)8-12-20(19)35-26(23)27(32)30(24)18-9-6-16(28)7-10-18/h5-14,24H,3-4H2,1-2H3. The van der Waals surface area contributed by atoms with Crippen molar-refractivity contribution in [3.05, 3.63) is 98.1 Å². The number of halogens is 2. The van der Waals surface area contributed by atoms with Crippen LogP contribution in [0.15, 0.2) is 74.3 Å². The van der Waals surface area contributed by atoms with Gasteiger partial charge in [-0.25, -0.2) is 4.39 Å². The number of ether oxygens (including phenoxy) is 2. The molecule has 0 radical (unpaired) electrons. The summed E-state index contributed by atoms with van der Waals surface area (Å²) in [5.74, 6) is -0.0170. The first-order valence-corrected chi connectivity index (χ1v) is 12.0. The minimum absolute atomic E-state index is 0.0612. The minimum atomic E-state index is -0.808. The van der Waals surface area contributed by atoms with Gasteiger partial charge in [0, 0.05) is 10.2 Å². The zero-order valence-electron chi connectivity index (χ0n) is 19.0. The first-order chi connectivity index (χ1) is 16.9. The van der Waals surface area contributed by atoms with Gasteiger partial charge in [0.1, 0.15) is 11.4 Å². The van der Waals surface area contributed by atoms with Gasteiger partial charge in [0.25, 0.3) is 5.91 Å². The van der Waals surface area contributed by atoms with Crippen molar-refractivity contribution in [3.8, 4) is 11.5 Å². The zero-order valence-corrected chi connectivity index (χ0v) is 20.6. The average Bonchev–Trinajstić information content (AvgIpc) is 3.14. The van der Waals surface area contributed by atoms with Crippen molar-refractivity contribution in [2.24, 2.45) is 0 Å². The van der Waals surface area contributed by atoms with Crippen molar-refractivity contribution >= 4 is 38.5 Å². The van der Waals surface area contributed by atoms with Gasteiger partial charge in [-0.05, 0) is 74.0 Å². The molecule has 1 aliphatic rings. The molecule has 178 valence electrons. The van der Waals surface area contributed by atoms with E-state index in [2.05, 4.69) is 15.9 Å². The van der Waals surface area contributed by atoms with E-state index in [0.29, 0.717) is 36.0 Å². The third kappa shape index (κ3) is 3.97. The quantitative estimate of drug-likeness (QED) is 0.291. The Morgan fingerprint density at radius 3 is 2.37 bits per heavy atom. The van der Waals surface area contributed by atoms with Crippen molar-refractivity contribution in [1.82, 2.24) is 0 Å². The predicted molar refractivity (Wildman–Crippen MR) is 134 cm³/mol. The van der Waals surface area contributed by atoms with Crippen molar-refractivity contribution in [1.29, 1.82) is 0 Å². The maximum absolute atomic E-state index is 14.0. The molecule has 1 aromatic heterocycles. The van der Waals surface area contributed by atoms with E-state index in [1.807, 2.05) is 26.0 Å². The second kappa shape index (κ2) is 9.19. The normalized spacial score (nSPS) is 14.9. The van der Waals surface area contributed by atoms with E-state index in [4.69, 9.17) is 13.9 Å². The van der Waals surface area contributed by atoms with Crippen LogP contribution in [-0.4, -0.2) is 19.1 Å². The summed E-state index contributed by atoms with van der Waals surface area (Å²) in [5, 5.41) is 0.0789. The van der Waals surface area contributed by atoms with Gasteiger partial charge in [-0.1, -0.05) is 22.0 Å². The van der Waals surface area contributed by atoms with Gasteiger partial charge >= 0.3 is 0 Å². The Kier molecular flexibility index (Phi) is 6.06. The topological polar surface area (TPSA) is 69.0 Å². The largest absolute Gasteiger partial charge is 0.490 e. The van der Waals surface area contributed by atoms with E-state index < -0.39 is 23.2 Å². The number of carbonyl (C=O) groups is 1. The maximum atomic E-state index is 14.0. The van der Waals surface area contributed by atoms with Crippen LogP contribution < -0.4 is 19.8 Å². The van der Waals surface area contributed by atoms with E-state index in [0.717, 1.165) is 10.5 Å². The molecule has 1 unspecified atom stereocenters. The molecule has 3 aromatic carbocycles. The highest BCUT2D eigenvalue weighted by atomic mass is 79.9. The summed E-state index contributed by atoms with van der Waals surface area (Å²) in [7, 11) is 0. The van der Waals surface area contributed by atoms with Crippen LogP contribution in [0.5, 0.6) is 11.5 Å². The summed E-state index contributed by atoms with van der Waals surface area (Å²) in [6.07, 6.45) is 0. The van der Waals surface area contributed by atoms with Gasteiger partial charge in [-0.3, -0.25) is 14.5 Å². The number of amides is 1. The number of hydrogen-bond donors (Lipinski definition) is 0. The van der Waals surface area contributed by atoms with Gasteiger partial charge in [0.15, 0.2) is 16.9 Å². The smallest absolute Gasteiger partial charge is 0.295 e. The molecule has 1 amide bonds. The second-order valence-corrected chi connectivity index (χ2v) is 8.86. The number of nitrogens with zero attached hydrogens (tertiary/aromatic N) is 1. The molecule has 1 aliphatic heterocycles. The molecule has 35 heavy (non-hydrogen) atoms. The van der Waals surface area contributed by atoms with E-state index in [9.17, 15) is 14.0 Å². The number of benzene rings is 3. The Balaban J connectivity index is 1.78. The second-order valence-electron chi connectivity index (χ2n) is 7.94. The van der Waals surface area contributed by atoms with Gasteiger partial charge in [0.05, 0.1) is 30.2 Å². The predicted octanol–water partition coefficient (Wildman–Crippen LogP) is 6.24. The molecule has 0 aliphatic carbocycles. The molecule has 0 spiro atoms. The van der Waals surface area contributed by atoms with Gasteiger partial charge < -0.3 is 13.9 Å². The molecule has 1 atom stereocenters. The molecule has 0 N–H and O–H groups in total. The van der Waals surface area contributed by atoms with Crippen molar-refractivity contribution < 1.29 is 23.1 Å². The van der Waals surface area contributed by atoms with Crippen LogP contribution in [0.3, 0.4) is 0 Å². The van der Waals surface area contributed by atoms with Gasteiger partial charge in [-0.15, -0.1) is 0 Å². The Labute approximate surface area is 209 Å². The highest BCUT2D eigenvalue weighted by molar-refractivity contribution is 9.10. The molecule has 8 heteroatoms. The Morgan fingerprint density at radius 2 is 1.66 bits per heavy atom. The lowest BCUT2D eigenvalue weighted by Gasteiger charge is -2.26. The summed E-state index contributed by atoms with van der Waals surface area (Å²) < 4.78 is 32.2. The van der Waals surface area contributed by atoms with Crippen LogP contribution in [0.25, 0.3) is 11.0 Å². The van der Waals surface area contributed by atoms with Crippen molar-refractivity contribution in [2.75, 3.05) is 18.1 Å². The monoisotopic (exact) mass is 537 g/mol. The van der Waals surface area contributed by atoms with Crippen LogP contribution >= 0.6 is 15.9 Å². The van der Waals surface area contributed by atoms with Crippen LogP contribution in [0.4, 0.5) is 10.1 Å². The van der Waals surface area contributed by atoms with Gasteiger partial charge in [0.2, 0.25) is 5.76 Å². The van der Waals surface area contributed by atoms with Crippen LogP contribution in [0, 0.1) is 5.82 Å². The summed E-state index contributed by atoms with van der Waals surface area (Å²) in [5.41, 5.74) is 1.07. The molecule has 6 nitrogen and oxygen atoms in total. The maximum Gasteiger partial charge on any atom is 0.295 e. The Hall–Kier alpha value is -3.65. The van der Waals surface area contributed by atoms with E-state index >= 15 is 0 Å². The summed E-state index contributed by atoms with van der Waals surface area (Å²) in [6, 6.07) is 15.4. The van der Waals surface area contributed by atoms with Crippen LogP contribution in [0.1, 0.15) is 41.6 Å². The Morgan fingerprint density at radius 1 is 0.943 bits per heavy atom. The number of carbonyl (C=O) groups excluding carboxylic acids is 1. The molecular weight excluding hydrogens is 517 g/mol. The molecule has 4 aromatic rings. The minimum Gasteiger partial charge on any atom is -0.490 e. The van der Waals surface area contributed by atoms with E-state index in [-0.39, 0.29) is 22.3 Å². The van der Waals surface area contributed by atoms with E-state index in [1.165, 1.54) is 17.0 Å². The SMILES string of the molecule is CCOc1ccc(C2c3c(oc4ccc(F)cc4c3=O)C(=O)N2c2ccc(Br)cc2)cc1OCC. The fourth-order valence-corrected chi connectivity index (χ4v) is 4.63. The number of rotatable bonds is 6. The zero-order chi connectivity index (χ0) is 24.7. The number of anilines is 1. The molecule has 0 fully saturated rings. The summed E-state index contributed by atoms with van der Waals surface area (Å²) >= 11 is 3.42. The molecule has 2 heterocycles. The average molecular weight is 538 g/mol. The lowest BCUT2D eigenvalue weighted by atomic mass is 9.97. The lowest BCUT2D eigenvalue weighted by Crippen LogP contribution is -2.29. The first kappa shape index (κ1) is 23.1. The highest BCUT2D eigenvalue weighted by Gasteiger charge is 2.44. The fraction of sp³-hybridized carbons (Fsp3) is 0.185. The summed E-state index contributed by atoms with van der Waals surface area (Å²) in [6.45, 7) is 4.60. The van der Waals surface area contributed by atoms with Crippen molar-refractivity contribution in [3.63, 3.8) is 0 Å². The lowest BCUT2D eigenvalue weighted by molar-refractivity contribution is 0.0971.